The van der Waals surface area contributed by atoms with E-state index in [2.05, 4.69) is 49.5 Å². The van der Waals surface area contributed by atoms with Gasteiger partial charge in [-0.3, -0.25) is 57.5 Å². The summed E-state index contributed by atoms with van der Waals surface area (Å²) in [5.74, 6) is -13.6. The Morgan fingerprint density at radius 3 is 1.77 bits per heavy atom. The van der Waals surface area contributed by atoms with Crippen LogP contribution in [0.1, 0.15) is 158 Å². The first kappa shape index (κ1) is 73.3. The first-order valence-electron chi connectivity index (χ1n) is 29.3. The van der Waals surface area contributed by atoms with Crippen LogP contribution in [0.25, 0.3) is 0 Å². The standard InChI is InChI=1S/C56H96N12O16/c1-11-13-14-15-16-17-18-19-20-21-23-31(5)43-47(74)54(81)63-42(30(3)4)51(78)60-35(12-2)49(76)65-45(33(7)70)53(80)66-44(32(6)69)52(79)61-36(25-26-39(57)71)48(75)59-29-41(73)62-46(34(8)84-10)56(83)67(9)38(28-40(58)72)55(82)68-27-22-24-37(68)50(77)64-43/h12,30-34,36-38,42-47,69-70,74H,11,13-29H2,1-10H3,(H2,57,71)(H2,58,72)(H,59,75)(H,60,78)(H,61,79)(H,62,73)(H,63,81)(H,64,77)(H,65,76)(H,66,80)/b35-12+. The molecule has 0 aromatic heterocycles. The minimum atomic E-state index is -2.01. The number of amides is 12. The number of methoxy groups -OCH3 is 1. The summed E-state index contributed by atoms with van der Waals surface area (Å²) in [6.45, 7) is 11.1. The number of aliphatic hydroxyl groups is 3. The van der Waals surface area contributed by atoms with Gasteiger partial charge in [-0.05, 0) is 65.2 Å². The first-order valence-corrected chi connectivity index (χ1v) is 29.3. The van der Waals surface area contributed by atoms with E-state index < -0.39 is 187 Å². The number of aliphatic hydroxyl groups excluding tert-OH is 3. The molecule has 12 amide bonds. The molecule has 13 unspecified atom stereocenters. The molecule has 15 N–H and O–H groups in total. The van der Waals surface area contributed by atoms with Gasteiger partial charge in [0.05, 0.1) is 37.3 Å². The van der Waals surface area contributed by atoms with E-state index in [9.17, 15) is 72.9 Å². The number of carbonyl (C=O) groups is 12. The molecule has 0 bridgehead atoms. The Bertz CT molecular complexity index is 2300. The van der Waals surface area contributed by atoms with Crippen molar-refractivity contribution >= 4 is 70.9 Å². The average Bonchev–Trinajstić information content (AvgIpc) is 4.08. The molecule has 0 saturated carbocycles. The molecule has 28 heteroatoms. The Hall–Kier alpha value is -6.78. The maximum absolute atomic E-state index is 14.7. The van der Waals surface area contributed by atoms with Gasteiger partial charge in [-0.15, -0.1) is 0 Å². The summed E-state index contributed by atoms with van der Waals surface area (Å²) in [6.07, 6.45) is 4.05. The van der Waals surface area contributed by atoms with Gasteiger partial charge in [0, 0.05) is 27.1 Å². The van der Waals surface area contributed by atoms with Crippen molar-refractivity contribution < 1.29 is 77.6 Å². The first-order chi connectivity index (χ1) is 39.5. The predicted octanol–water partition coefficient (Wildman–Crippen LogP) is -2.24. The second kappa shape index (κ2) is 36.8. The molecule has 2 saturated heterocycles. The lowest BCUT2D eigenvalue weighted by Crippen LogP contribution is -2.62. The van der Waals surface area contributed by atoms with Crippen LogP contribution in [0.5, 0.6) is 0 Å². The summed E-state index contributed by atoms with van der Waals surface area (Å²) in [6, 6.07) is -12.7. The zero-order valence-corrected chi connectivity index (χ0v) is 50.6. The fourth-order valence-electron chi connectivity index (χ4n) is 9.90. The minimum absolute atomic E-state index is 0.0329. The Kier molecular flexibility index (Phi) is 32.1. The van der Waals surface area contributed by atoms with E-state index in [4.69, 9.17) is 16.2 Å². The van der Waals surface area contributed by atoms with Gasteiger partial charge < -0.3 is 83.9 Å². The largest absolute Gasteiger partial charge is 0.391 e. The van der Waals surface area contributed by atoms with Gasteiger partial charge in [-0.2, -0.15) is 0 Å². The summed E-state index contributed by atoms with van der Waals surface area (Å²) < 4.78 is 5.41. The Morgan fingerprint density at radius 1 is 0.679 bits per heavy atom. The second-order valence-corrected chi connectivity index (χ2v) is 22.4. The average molecular weight is 1190 g/mol. The van der Waals surface area contributed by atoms with E-state index in [-0.39, 0.29) is 19.4 Å². The molecular formula is C56H96N12O16. The van der Waals surface area contributed by atoms with Crippen molar-refractivity contribution in [1.82, 2.24) is 52.3 Å². The van der Waals surface area contributed by atoms with Crippen molar-refractivity contribution in [2.24, 2.45) is 23.3 Å². The smallest absolute Gasteiger partial charge is 0.268 e. The number of nitrogens with zero attached hydrogens (tertiary/aromatic N) is 2. The highest BCUT2D eigenvalue weighted by atomic mass is 16.5. The molecule has 0 aromatic rings. The van der Waals surface area contributed by atoms with Crippen LogP contribution in [0.3, 0.4) is 0 Å². The lowest BCUT2D eigenvalue weighted by Gasteiger charge is -2.36. The quantitative estimate of drug-likeness (QED) is 0.0403. The van der Waals surface area contributed by atoms with E-state index in [1.54, 1.807) is 20.8 Å². The number of hydrogen-bond acceptors (Lipinski definition) is 16. The van der Waals surface area contributed by atoms with E-state index >= 15 is 0 Å². The second-order valence-electron chi connectivity index (χ2n) is 22.4. The molecule has 2 aliphatic heterocycles. The van der Waals surface area contributed by atoms with Gasteiger partial charge >= 0.3 is 0 Å². The number of hydrogen-bond donors (Lipinski definition) is 13. The van der Waals surface area contributed by atoms with Crippen molar-refractivity contribution in [3.8, 4) is 0 Å². The predicted molar refractivity (Wildman–Crippen MR) is 306 cm³/mol. The van der Waals surface area contributed by atoms with Crippen LogP contribution in [0, 0.1) is 11.8 Å². The lowest BCUT2D eigenvalue weighted by atomic mass is 9.90. The van der Waals surface area contributed by atoms with Crippen LogP contribution in [0.4, 0.5) is 0 Å². The number of allylic oxidation sites excluding steroid dienone is 1. The number of fused-ring (bicyclic) bond motifs is 1. The Labute approximate surface area is 492 Å². The van der Waals surface area contributed by atoms with Crippen LogP contribution in [0.2, 0.25) is 0 Å². The molecular weight excluding hydrogens is 1100 g/mol. The fraction of sp³-hybridized carbons (Fsp3) is 0.750. The normalized spacial score (nSPS) is 26.7. The van der Waals surface area contributed by atoms with Gasteiger partial charge in [0.15, 0.2) is 6.10 Å². The third kappa shape index (κ3) is 23.3. The molecule has 28 nitrogen and oxygen atoms in total. The molecule has 0 spiro atoms. The molecule has 0 radical (unpaired) electrons. The number of nitrogens with one attached hydrogen (secondary N) is 8. The highest BCUT2D eigenvalue weighted by Crippen LogP contribution is 2.25. The molecule has 0 aliphatic carbocycles. The van der Waals surface area contributed by atoms with Crippen LogP contribution in [0.15, 0.2) is 11.8 Å². The van der Waals surface area contributed by atoms with Gasteiger partial charge in [0.25, 0.3) is 11.8 Å². The molecule has 2 heterocycles. The van der Waals surface area contributed by atoms with E-state index in [0.717, 1.165) is 68.2 Å². The van der Waals surface area contributed by atoms with Gasteiger partial charge in [-0.1, -0.05) is 98.0 Å². The molecule has 84 heavy (non-hydrogen) atoms. The highest BCUT2D eigenvalue weighted by Gasteiger charge is 2.44. The number of rotatable bonds is 22. The number of unbranched alkanes of at least 4 members (excludes halogenated alkanes) is 9. The van der Waals surface area contributed by atoms with Crippen LogP contribution < -0.4 is 54.0 Å². The number of likely N-dealkylation sites (N-methyl/N-ethyl adjacent to an activating group) is 1. The molecule has 2 rings (SSSR count). The zero-order valence-electron chi connectivity index (χ0n) is 50.6. The van der Waals surface area contributed by atoms with Crippen LogP contribution in [-0.2, 0) is 62.3 Å². The summed E-state index contributed by atoms with van der Waals surface area (Å²) in [5, 5.41) is 52.7. The summed E-state index contributed by atoms with van der Waals surface area (Å²) in [5.41, 5.74) is 10.5. The van der Waals surface area contributed by atoms with E-state index in [1.807, 2.05) is 0 Å². The van der Waals surface area contributed by atoms with Crippen molar-refractivity contribution in [3.05, 3.63) is 11.8 Å². The Morgan fingerprint density at radius 2 is 1.24 bits per heavy atom. The SMILES string of the molecule is C/C=C1/NC(=O)C(C(C)C)NC(=O)C(O)C(C(C)CCCCCCCCCCCC)NC(=O)C2CCCN2C(=O)C(CC(N)=O)N(C)C(=O)C(C(C)OC)NC(=O)CNC(=O)C(CCC(N)=O)NC(=O)C(C(C)O)NC(=O)C(C(C)O)NC1=O. The molecule has 13 atom stereocenters. The molecule has 2 aliphatic rings. The maximum Gasteiger partial charge on any atom is 0.268 e. The number of carbonyl (C=O) groups excluding carboxylic acids is 12. The lowest BCUT2D eigenvalue weighted by molar-refractivity contribution is -0.151. The number of ether oxygens (including phenoxy) is 1. The third-order valence-corrected chi connectivity index (χ3v) is 15.2. The molecule has 2 fully saturated rings. The van der Waals surface area contributed by atoms with E-state index in [1.165, 1.54) is 47.3 Å². The van der Waals surface area contributed by atoms with Gasteiger partial charge in [0.1, 0.15) is 48.0 Å². The Balaban J connectivity index is 2.77. The van der Waals surface area contributed by atoms with Crippen molar-refractivity contribution in [3.63, 3.8) is 0 Å². The van der Waals surface area contributed by atoms with Crippen molar-refractivity contribution in [2.45, 2.75) is 231 Å². The fourth-order valence-corrected chi connectivity index (χ4v) is 9.90. The third-order valence-electron chi connectivity index (χ3n) is 15.2. The number of primary amides is 2. The monoisotopic (exact) mass is 1190 g/mol. The van der Waals surface area contributed by atoms with Gasteiger partial charge in [0.2, 0.25) is 59.1 Å². The van der Waals surface area contributed by atoms with Gasteiger partial charge in [-0.25, -0.2) is 0 Å². The van der Waals surface area contributed by atoms with Crippen molar-refractivity contribution in [1.29, 1.82) is 0 Å². The minimum Gasteiger partial charge on any atom is -0.391 e. The zero-order chi connectivity index (χ0) is 63.5. The summed E-state index contributed by atoms with van der Waals surface area (Å²) in [7, 11) is 2.39. The molecule has 0 aromatic carbocycles. The summed E-state index contributed by atoms with van der Waals surface area (Å²) >= 11 is 0. The van der Waals surface area contributed by atoms with Crippen LogP contribution >= 0.6 is 0 Å². The van der Waals surface area contributed by atoms with Crippen molar-refractivity contribution in [2.75, 3.05) is 27.2 Å². The molecule has 476 valence electrons. The highest BCUT2D eigenvalue weighted by molar-refractivity contribution is 6.03. The summed E-state index contributed by atoms with van der Waals surface area (Å²) in [4.78, 5) is 167. The topological polar surface area (TPSA) is 430 Å². The van der Waals surface area contributed by atoms with E-state index in [0.29, 0.717) is 12.8 Å². The van der Waals surface area contributed by atoms with Crippen LogP contribution in [-0.4, -0.2) is 196 Å². The number of nitrogens with two attached hydrogens (primary N) is 2. The maximum atomic E-state index is 14.7.